The van der Waals surface area contributed by atoms with Crippen molar-refractivity contribution < 1.29 is 5.11 Å². The molecule has 2 aromatic carbocycles. The number of benzene rings is 2. The molecule has 3 rings (SSSR count). The van der Waals surface area contributed by atoms with Crippen molar-refractivity contribution >= 4 is 0 Å². The molecule has 0 aliphatic rings. The first-order valence-corrected chi connectivity index (χ1v) is 6.42. The molecule has 0 aliphatic heterocycles. The van der Waals surface area contributed by atoms with Gasteiger partial charge >= 0.3 is 0 Å². The third-order valence-electron chi connectivity index (χ3n) is 3.39. The number of hydrogen-bond donors (Lipinski definition) is 1. The van der Waals surface area contributed by atoms with Crippen molar-refractivity contribution in [2.24, 2.45) is 0 Å². The SMILES string of the molecule is OC(c1ccccc1)(c1ccccc1)c1ccnnc1. The molecule has 1 aromatic heterocycles. The van der Waals surface area contributed by atoms with E-state index in [1.54, 1.807) is 18.5 Å². The monoisotopic (exact) mass is 262 g/mol. The standard InChI is InChI=1S/C17H14N2O/c20-17(14-7-3-1-4-8-14,15-9-5-2-6-10-15)16-11-12-18-19-13-16/h1-13,20H. The van der Waals surface area contributed by atoms with Gasteiger partial charge in [0.1, 0.15) is 5.60 Å². The summed E-state index contributed by atoms with van der Waals surface area (Å²) in [5.74, 6) is 0. The summed E-state index contributed by atoms with van der Waals surface area (Å²) in [6, 6.07) is 20.9. The molecule has 0 aliphatic carbocycles. The van der Waals surface area contributed by atoms with E-state index in [1.807, 2.05) is 60.7 Å². The lowest BCUT2D eigenvalue weighted by Crippen LogP contribution is -2.29. The normalized spacial score (nSPS) is 11.2. The minimum atomic E-state index is -1.22. The van der Waals surface area contributed by atoms with Crippen molar-refractivity contribution in [3.8, 4) is 0 Å². The second-order valence-corrected chi connectivity index (χ2v) is 4.57. The summed E-state index contributed by atoms with van der Waals surface area (Å²) in [5.41, 5.74) is 1.08. The van der Waals surface area contributed by atoms with Gasteiger partial charge in [-0.1, -0.05) is 60.7 Å². The average molecular weight is 262 g/mol. The Morgan fingerprint density at radius 2 is 1.20 bits per heavy atom. The minimum absolute atomic E-state index is 0.699. The lowest BCUT2D eigenvalue weighted by Gasteiger charge is -2.29. The maximum atomic E-state index is 11.4. The van der Waals surface area contributed by atoms with Gasteiger partial charge < -0.3 is 5.11 Å². The zero-order valence-electron chi connectivity index (χ0n) is 10.8. The topological polar surface area (TPSA) is 46.0 Å². The fourth-order valence-electron chi connectivity index (χ4n) is 2.36. The van der Waals surface area contributed by atoms with Crippen LogP contribution in [0, 0.1) is 0 Å². The molecule has 3 nitrogen and oxygen atoms in total. The lowest BCUT2D eigenvalue weighted by atomic mass is 9.81. The van der Waals surface area contributed by atoms with E-state index in [2.05, 4.69) is 10.2 Å². The summed E-state index contributed by atoms with van der Waals surface area (Å²) in [5, 5.41) is 19.0. The predicted molar refractivity (Wildman–Crippen MR) is 77.0 cm³/mol. The summed E-state index contributed by atoms with van der Waals surface area (Å²) in [7, 11) is 0. The van der Waals surface area contributed by atoms with Gasteiger partial charge in [0.15, 0.2) is 0 Å². The third-order valence-corrected chi connectivity index (χ3v) is 3.39. The summed E-state index contributed by atoms with van der Waals surface area (Å²) >= 11 is 0. The third kappa shape index (κ3) is 2.08. The number of aromatic nitrogens is 2. The first-order valence-electron chi connectivity index (χ1n) is 6.42. The highest BCUT2D eigenvalue weighted by molar-refractivity contribution is 5.45. The zero-order chi connectivity index (χ0) is 13.8. The molecule has 0 bridgehead atoms. The first-order chi connectivity index (χ1) is 9.82. The Hall–Kier alpha value is -2.52. The van der Waals surface area contributed by atoms with E-state index in [9.17, 15) is 5.11 Å². The van der Waals surface area contributed by atoms with Crippen LogP contribution in [0.3, 0.4) is 0 Å². The lowest BCUT2D eigenvalue weighted by molar-refractivity contribution is 0.125. The molecule has 20 heavy (non-hydrogen) atoms. The van der Waals surface area contributed by atoms with Gasteiger partial charge in [0, 0.05) is 11.8 Å². The fraction of sp³-hybridized carbons (Fsp3) is 0.0588. The molecule has 1 heterocycles. The molecule has 0 fully saturated rings. The fourth-order valence-corrected chi connectivity index (χ4v) is 2.36. The number of hydrogen-bond acceptors (Lipinski definition) is 3. The summed E-state index contributed by atoms with van der Waals surface area (Å²) in [6.45, 7) is 0. The smallest absolute Gasteiger partial charge is 0.142 e. The minimum Gasteiger partial charge on any atom is -0.376 e. The molecule has 98 valence electrons. The van der Waals surface area contributed by atoms with Crippen LogP contribution in [0.25, 0.3) is 0 Å². The summed E-state index contributed by atoms with van der Waals surface area (Å²) in [4.78, 5) is 0. The van der Waals surface area contributed by atoms with Crippen LogP contribution in [0.4, 0.5) is 0 Å². The van der Waals surface area contributed by atoms with E-state index in [4.69, 9.17) is 0 Å². The Labute approximate surface area is 117 Å². The van der Waals surface area contributed by atoms with E-state index in [0.29, 0.717) is 5.56 Å². The second kappa shape index (κ2) is 5.23. The van der Waals surface area contributed by atoms with Crippen LogP contribution in [0.5, 0.6) is 0 Å². The van der Waals surface area contributed by atoms with Crippen molar-refractivity contribution in [1.82, 2.24) is 10.2 Å². The van der Waals surface area contributed by atoms with Crippen molar-refractivity contribution in [3.63, 3.8) is 0 Å². The van der Waals surface area contributed by atoms with Gasteiger partial charge in [-0.05, 0) is 17.2 Å². The summed E-state index contributed by atoms with van der Waals surface area (Å²) in [6.07, 6.45) is 3.19. The Balaban J connectivity index is 2.24. The predicted octanol–water partition coefficient (Wildman–Crippen LogP) is 2.76. The quantitative estimate of drug-likeness (QED) is 0.789. The van der Waals surface area contributed by atoms with Gasteiger partial charge in [-0.2, -0.15) is 10.2 Å². The van der Waals surface area contributed by atoms with E-state index >= 15 is 0 Å². The molecule has 0 radical (unpaired) electrons. The van der Waals surface area contributed by atoms with Gasteiger partial charge in [0.25, 0.3) is 0 Å². The van der Waals surface area contributed by atoms with E-state index < -0.39 is 5.60 Å². The van der Waals surface area contributed by atoms with Crippen molar-refractivity contribution in [2.45, 2.75) is 5.60 Å². The van der Waals surface area contributed by atoms with Crippen molar-refractivity contribution in [3.05, 3.63) is 95.8 Å². The molecule has 0 spiro atoms. The van der Waals surface area contributed by atoms with Gasteiger partial charge in [0.05, 0.1) is 6.20 Å². The molecule has 0 unspecified atom stereocenters. The van der Waals surface area contributed by atoms with Gasteiger partial charge in [0.2, 0.25) is 0 Å². The van der Waals surface area contributed by atoms with Crippen LogP contribution in [0.1, 0.15) is 16.7 Å². The van der Waals surface area contributed by atoms with Crippen LogP contribution in [0.2, 0.25) is 0 Å². The molecule has 0 saturated carbocycles. The second-order valence-electron chi connectivity index (χ2n) is 4.57. The van der Waals surface area contributed by atoms with Gasteiger partial charge in [-0.15, -0.1) is 0 Å². The Morgan fingerprint density at radius 1 is 0.650 bits per heavy atom. The largest absolute Gasteiger partial charge is 0.376 e. The molecule has 1 N–H and O–H groups in total. The van der Waals surface area contributed by atoms with Crippen LogP contribution < -0.4 is 0 Å². The molecule has 0 amide bonds. The molecule has 3 heteroatoms. The molecule has 3 aromatic rings. The number of nitrogens with zero attached hydrogens (tertiary/aromatic N) is 2. The first kappa shape index (κ1) is 12.5. The van der Waals surface area contributed by atoms with Crippen molar-refractivity contribution in [2.75, 3.05) is 0 Å². The van der Waals surface area contributed by atoms with Crippen LogP contribution >= 0.6 is 0 Å². The van der Waals surface area contributed by atoms with Crippen LogP contribution in [0.15, 0.2) is 79.1 Å². The zero-order valence-corrected chi connectivity index (χ0v) is 10.8. The average Bonchev–Trinajstić information content (AvgIpc) is 2.56. The Bertz CT molecular complexity index is 572. The molecule has 0 atom stereocenters. The Kier molecular flexibility index (Phi) is 3.27. The van der Waals surface area contributed by atoms with E-state index in [-0.39, 0.29) is 0 Å². The highest BCUT2D eigenvalue weighted by Crippen LogP contribution is 2.35. The maximum Gasteiger partial charge on any atom is 0.142 e. The number of rotatable bonds is 3. The molecular formula is C17H14N2O. The Morgan fingerprint density at radius 3 is 1.65 bits per heavy atom. The van der Waals surface area contributed by atoms with E-state index in [1.165, 1.54) is 0 Å². The highest BCUT2D eigenvalue weighted by atomic mass is 16.3. The maximum absolute atomic E-state index is 11.4. The van der Waals surface area contributed by atoms with Crippen LogP contribution in [-0.2, 0) is 5.60 Å². The molecular weight excluding hydrogens is 248 g/mol. The summed E-state index contributed by atoms with van der Waals surface area (Å²) < 4.78 is 0. The molecule has 0 saturated heterocycles. The van der Waals surface area contributed by atoms with Gasteiger partial charge in [-0.3, -0.25) is 0 Å². The van der Waals surface area contributed by atoms with Crippen LogP contribution in [-0.4, -0.2) is 15.3 Å². The van der Waals surface area contributed by atoms with Crippen molar-refractivity contribution in [1.29, 1.82) is 0 Å². The van der Waals surface area contributed by atoms with E-state index in [0.717, 1.165) is 11.1 Å². The van der Waals surface area contributed by atoms with Gasteiger partial charge in [-0.25, -0.2) is 0 Å². The number of aliphatic hydroxyl groups is 1. The highest BCUT2D eigenvalue weighted by Gasteiger charge is 2.33.